The summed E-state index contributed by atoms with van der Waals surface area (Å²) >= 11 is 0. The summed E-state index contributed by atoms with van der Waals surface area (Å²) in [6.07, 6.45) is -2.99. The molecule has 0 heterocycles. The molecule has 1 nitrogen and oxygen atoms in total. The molecule has 0 aromatic heterocycles. The minimum Gasteiger partial charge on any atom is -0.429 e. The van der Waals surface area contributed by atoms with Crippen LogP contribution in [0.2, 0.25) is 0 Å². The van der Waals surface area contributed by atoms with E-state index in [-0.39, 0.29) is 17.7 Å². The van der Waals surface area contributed by atoms with Crippen molar-refractivity contribution < 1.29 is 44.3 Å². The molecule has 10 heteroatoms. The average molecular weight is 540 g/mol. The van der Waals surface area contributed by atoms with Gasteiger partial charge in [-0.25, -0.2) is 30.7 Å². The van der Waals surface area contributed by atoms with Crippen LogP contribution in [-0.2, 0) is 12.5 Å². The number of alkyl halides is 2. The van der Waals surface area contributed by atoms with Crippen molar-refractivity contribution in [2.24, 2.45) is 0 Å². The predicted octanol–water partition coefficient (Wildman–Crippen LogP) is 9.08. The first-order valence-electron chi connectivity index (χ1n) is 11.2. The molecule has 4 aromatic rings. The van der Waals surface area contributed by atoms with Crippen molar-refractivity contribution in [1.29, 1.82) is 0 Å². The Morgan fingerprint density at radius 1 is 0.632 bits per heavy atom. The van der Waals surface area contributed by atoms with Gasteiger partial charge in [0, 0.05) is 17.7 Å². The Hall–Kier alpha value is -3.95. The summed E-state index contributed by atoms with van der Waals surface area (Å²) in [5.74, 6) is -13.7. The highest BCUT2D eigenvalue weighted by Crippen LogP contribution is 2.39. The maximum Gasteiger partial charge on any atom is 0.429 e. The van der Waals surface area contributed by atoms with Crippen molar-refractivity contribution in [1.82, 2.24) is 0 Å². The van der Waals surface area contributed by atoms with Crippen molar-refractivity contribution in [3.63, 3.8) is 0 Å². The first-order valence-corrected chi connectivity index (χ1v) is 11.2. The van der Waals surface area contributed by atoms with Crippen LogP contribution in [0.15, 0.2) is 60.7 Å². The molecule has 0 spiro atoms. The summed E-state index contributed by atoms with van der Waals surface area (Å²) in [5, 5.41) is 0. The van der Waals surface area contributed by atoms with E-state index < -0.39 is 69.3 Å². The second kappa shape index (κ2) is 10.4. The fourth-order valence-corrected chi connectivity index (χ4v) is 3.91. The van der Waals surface area contributed by atoms with Gasteiger partial charge in [-0.1, -0.05) is 43.7 Å². The fourth-order valence-electron chi connectivity index (χ4n) is 3.91. The number of ether oxygens (including phenoxy) is 1. The molecule has 0 atom stereocenters. The molecule has 0 aliphatic carbocycles. The van der Waals surface area contributed by atoms with E-state index in [4.69, 9.17) is 0 Å². The number of aryl methyl sites for hydroxylation is 1. The number of hydrogen-bond donors (Lipinski definition) is 0. The van der Waals surface area contributed by atoms with Gasteiger partial charge in [0.1, 0.15) is 22.9 Å². The normalized spacial score (nSPS) is 11.6. The highest BCUT2D eigenvalue weighted by Gasteiger charge is 2.40. The predicted molar refractivity (Wildman–Crippen MR) is 122 cm³/mol. The molecule has 4 rings (SSSR count). The Kier molecular flexibility index (Phi) is 7.44. The molecule has 0 amide bonds. The van der Waals surface area contributed by atoms with E-state index in [1.54, 1.807) is 24.3 Å². The third-order valence-electron chi connectivity index (χ3n) is 5.74. The summed E-state index contributed by atoms with van der Waals surface area (Å²) in [4.78, 5) is 0. The zero-order chi connectivity index (χ0) is 27.8. The molecule has 38 heavy (non-hydrogen) atoms. The number of rotatable bonds is 7. The molecule has 0 aliphatic heterocycles. The first-order chi connectivity index (χ1) is 17.9. The highest BCUT2D eigenvalue weighted by molar-refractivity contribution is 5.72. The van der Waals surface area contributed by atoms with Gasteiger partial charge in [0.05, 0.1) is 5.56 Å². The van der Waals surface area contributed by atoms with Crippen molar-refractivity contribution >= 4 is 0 Å². The van der Waals surface area contributed by atoms with Gasteiger partial charge in [0.2, 0.25) is 0 Å². The zero-order valence-corrected chi connectivity index (χ0v) is 19.5. The van der Waals surface area contributed by atoms with Crippen LogP contribution in [0.1, 0.15) is 24.5 Å². The van der Waals surface area contributed by atoms with Crippen LogP contribution in [0.3, 0.4) is 0 Å². The van der Waals surface area contributed by atoms with Gasteiger partial charge in [-0.05, 0) is 41.3 Å². The van der Waals surface area contributed by atoms with E-state index >= 15 is 0 Å². The van der Waals surface area contributed by atoms with Crippen LogP contribution < -0.4 is 4.74 Å². The smallest absolute Gasteiger partial charge is 0.429 e. The van der Waals surface area contributed by atoms with Crippen molar-refractivity contribution in [2.75, 3.05) is 0 Å². The zero-order valence-electron chi connectivity index (χ0n) is 19.5. The fraction of sp³-hybridized carbons (Fsp3) is 0.143. The van der Waals surface area contributed by atoms with E-state index in [9.17, 15) is 39.5 Å². The van der Waals surface area contributed by atoms with Gasteiger partial charge in [0.25, 0.3) is 0 Å². The maximum atomic E-state index is 14.9. The van der Waals surface area contributed by atoms with Crippen molar-refractivity contribution in [2.45, 2.75) is 25.9 Å². The molecular formula is C28H17F9O. The van der Waals surface area contributed by atoms with Gasteiger partial charge in [-0.15, -0.1) is 0 Å². The molecule has 0 bridgehead atoms. The number of hydrogen-bond acceptors (Lipinski definition) is 1. The highest BCUT2D eigenvalue weighted by atomic mass is 19.3. The second-order valence-electron chi connectivity index (χ2n) is 8.37. The topological polar surface area (TPSA) is 9.23 Å². The number of halogens is 9. The SMILES string of the molecule is CCCc1ccc(-c2cc(F)c(-c3ccc(C(F)(F)Oc4cc(F)c(F)c(F)c4)c(F)c3F)c(F)c2)cc1. The van der Waals surface area contributed by atoms with Crippen molar-refractivity contribution in [3.05, 3.63) is 113 Å². The molecule has 0 saturated carbocycles. The van der Waals surface area contributed by atoms with Crippen molar-refractivity contribution in [3.8, 4) is 28.0 Å². The van der Waals surface area contributed by atoms with Crippen LogP contribution in [0.25, 0.3) is 22.3 Å². The van der Waals surface area contributed by atoms with Crippen LogP contribution in [0.5, 0.6) is 5.75 Å². The Morgan fingerprint density at radius 3 is 1.76 bits per heavy atom. The van der Waals surface area contributed by atoms with Gasteiger partial charge in [0.15, 0.2) is 29.1 Å². The first kappa shape index (κ1) is 27.1. The van der Waals surface area contributed by atoms with Gasteiger partial charge < -0.3 is 4.74 Å². The lowest BCUT2D eigenvalue weighted by atomic mass is 9.96. The van der Waals surface area contributed by atoms with Crippen LogP contribution in [0, 0.1) is 40.7 Å². The van der Waals surface area contributed by atoms with E-state index in [0.29, 0.717) is 17.7 Å². The maximum absolute atomic E-state index is 14.9. The monoisotopic (exact) mass is 540 g/mol. The minimum atomic E-state index is -4.70. The average Bonchev–Trinajstić information content (AvgIpc) is 2.85. The van der Waals surface area contributed by atoms with Gasteiger partial charge in [-0.2, -0.15) is 8.78 Å². The Morgan fingerprint density at radius 2 is 1.21 bits per heavy atom. The summed E-state index contributed by atoms with van der Waals surface area (Å²) in [6.45, 7) is 1.99. The van der Waals surface area contributed by atoms with Crippen LogP contribution >= 0.6 is 0 Å². The molecule has 0 N–H and O–H groups in total. The van der Waals surface area contributed by atoms with E-state index in [1.165, 1.54) is 0 Å². The van der Waals surface area contributed by atoms with E-state index in [0.717, 1.165) is 30.5 Å². The summed E-state index contributed by atoms with van der Waals surface area (Å²) in [5.41, 5.74) is -2.12. The van der Waals surface area contributed by atoms with Crippen LogP contribution in [0.4, 0.5) is 39.5 Å². The quantitative estimate of drug-likeness (QED) is 0.168. The lowest BCUT2D eigenvalue weighted by molar-refractivity contribution is -0.187. The summed E-state index contributed by atoms with van der Waals surface area (Å²) < 4.78 is 132. The Balaban J connectivity index is 1.68. The third kappa shape index (κ3) is 5.20. The molecular weight excluding hydrogens is 523 g/mol. The molecule has 4 aromatic carbocycles. The molecule has 0 radical (unpaired) electrons. The lowest BCUT2D eigenvalue weighted by Crippen LogP contribution is -2.24. The molecule has 0 fully saturated rings. The van der Waals surface area contributed by atoms with E-state index in [1.807, 2.05) is 6.92 Å². The van der Waals surface area contributed by atoms with Crippen LogP contribution in [-0.4, -0.2) is 0 Å². The second-order valence-corrected chi connectivity index (χ2v) is 8.37. The minimum absolute atomic E-state index is 0.0820. The summed E-state index contributed by atoms with van der Waals surface area (Å²) in [7, 11) is 0. The van der Waals surface area contributed by atoms with Gasteiger partial charge >= 0.3 is 6.11 Å². The summed E-state index contributed by atoms with van der Waals surface area (Å²) in [6, 6.07) is 9.64. The third-order valence-corrected chi connectivity index (χ3v) is 5.74. The Labute approximate surface area is 211 Å². The number of benzene rings is 4. The van der Waals surface area contributed by atoms with Gasteiger partial charge in [-0.3, -0.25) is 0 Å². The molecule has 0 saturated heterocycles. The molecule has 198 valence electrons. The largest absolute Gasteiger partial charge is 0.429 e. The molecule has 0 unspecified atom stereocenters. The Bertz CT molecular complexity index is 1450. The standard InChI is InChI=1S/C28H17F9O/c1-2-3-14-4-6-15(7-5-14)16-10-20(29)24(21(30)11-16)18-8-9-19(26(34)25(18)33)28(36,37)38-17-12-22(31)27(35)23(32)13-17/h4-13H,2-3H2,1H3. The molecule has 0 aliphatic rings. The van der Waals surface area contributed by atoms with E-state index in [2.05, 4.69) is 4.74 Å². The lowest BCUT2D eigenvalue weighted by Gasteiger charge is -2.20.